The molecule has 1 N–H and O–H groups in total. The lowest BCUT2D eigenvalue weighted by atomic mass is 9.84. The number of rotatable bonds is 5. The molecule has 106 valence electrons. The number of hydrogen-bond donors (Lipinski definition) is 1. The molecule has 2 heteroatoms. The van der Waals surface area contributed by atoms with Gasteiger partial charge in [0.15, 0.2) is 0 Å². The van der Waals surface area contributed by atoms with Gasteiger partial charge in [-0.2, -0.15) is 0 Å². The predicted octanol–water partition coefficient (Wildman–Crippen LogP) is 3.64. The van der Waals surface area contributed by atoms with Gasteiger partial charge in [0.2, 0.25) is 0 Å². The van der Waals surface area contributed by atoms with Crippen LogP contribution in [0.1, 0.15) is 56.3 Å². The molecule has 1 fully saturated rings. The van der Waals surface area contributed by atoms with Crippen molar-refractivity contribution in [2.24, 2.45) is 0 Å². The van der Waals surface area contributed by atoms with Crippen LogP contribution in [-0.2, 0) is 17.6 Å². The summed E-state index contributed by atoms with van der Waals surface area (Å²) < 4.78 is 6.06. The largest absolute Gasteiger partial charge is 0.373 e. The molecule has 0 bridgehead atoms. The highest BCUT2D eigenvalue weighted by molar-refractivity contribution is 5.36. The van der Waals surface area contributed by atoms with E-state index in [2.05, 4.69) is 51.3 Å². The second-order valence-corrected chi connectivity index (χ2v) is 5.73. The van der Waals surface area contributed by atoms with E-state index in [1.807, 2.05) is 0 Å². The summed E-state index contributed by atoms with van der Waals surface area (Å²) in [6.45, 7) is 7.59. The standard InChI is InChI=1S/C17H27NO/c1-5-13-8-9-14(6-2)15(12-13)16(18-4)17(3)10-7-11-19-17/h8-9,12,16,18H,5-7,10-11H2,1-4H3. The number of hydrogen-bond acceptors (Lipinski definition) is 2. The Bertz CT molecular complexity index is 421. The summed E-state index contributed by atoms with van der Waals surface area (Å²) in [5.74, 6) is 0. The summed E-state index contributed by atoms with van der Waals surface area (Å²) in [6.07, 6.45) is 4.47. The number of benzene rings is 1. The van der Waals surface area contributed by atoms with Crippen LogP contribution in [0.25, 0.3) is 0 Å². The minimum atomic E-state index is -0.0644. The zero-order valence-corrected chi connectivity index (χ0v) is 12.8. The van der Waals surface area contributed by atoms with E-state index < -0.39 is 0 Å². The topological polar surface area (TPSA) is 21.3 Å². The Morgan fingerprint density at radius 3 is 2.63 bits per heavy atom. The first-order valence-electron chi connectivity index (χ1n) is 7.57. The van der Waals surface area contributed by atoms with Crippen LogP contribution in [0.3, 0.4) is 0 Å². The van der Waals surface area contributed by atoms with Crippen LogP contribution in [0.2, 0.25) is 0 Å². The maximum absolute atomic E-state index is 6.06. The van der Waals surface area contributed by atoms with Gasteiger partial charge in [-0.15, -0.1) is 0 Å². The van der Waals surface area contributed by atoms with Crippen LogP contribution in [0, 0.1) is 0 Å². The molecular formula is C17H27NO. The monoisotopic (exact) mass is 261 g/mol. The van der Waals surface area contributed by atoms with Gasteiger partial charge in [0, 0.05) is 6.61 Å². The Balaban J connectivity index is 2.41. The van der Waals surface area contributed by atoms with Crippen LogP contribution >= 0.6 is 0 Å². The van der Waals surface area contributed by atoms with E-state index in [1.54, 1.807) is 0 Å². The van der Waals surface area contributed by atoms with Crippen molar-refractivity contribution in [3.8, 4) is 0 Å². The lowest BCUT2D eigenvalue weighted by molar-refractivity contribution is -0.0107. The second kappa shape index (κ2) is 6.06. The highest BCUT2D eigenvalue weighted by Crippen LogP contribution is 2.38. The summed E-state index contributed by atoms with van der Waals surface area (Å²) in [5.41, 5.74) is 4.21. The highest BCUT2D eigenvalue weighted by atomic mass is 16.5. The van der Waals surface area contributed by atoms with Crippen molar-refractivity contribution >= 4 is 0 Å². The average molecular weight is 261 g/mol. The van der Waals surface area contributed by atoms with Crippen LogP contribution in [0.5, 0.6) is 0 Å². The quantitative estimate of drug-likeness (QED) is 0.873. The average Bonchev–Trinajstić information content (AvgIpc) is 2.87. The Kier molecular flexibility index (Phi) is 4.64. The third-order valence-electron chi connectivity index (χ3n) is 4.46. The zero-order chi connectivity index (χ0) is 13.9. The van der Waals surface area contributed by atoms with Crippen LogP contribution < -0.4 is 5.32 Å². The van der Waals surface area contributed by atoms with Gasteiger partial charge < -0.3 is 10.1 Å². The Morgan fingerprint density at radius 2 is 2.11 bits per heavy atom. The van der Waals surface area contributed by atoms with Crippen molar-refractivity contribution in [1.29, 1.82) is 0 Å². The highest BCUT2D eigenvalue weighted by Gasteiger charge is 2.39. The van der Waals surface area contributed by atoms with Gasteiger partial charge in [0.1, 0.15) is 0 Å². The van der Waals surface area contributed by atoms with E-state index >= 15 is 0 Å². The minimum Gasteiger partial charge on any atom is -0.373 e. The Labute approximate surface area is 117 Å². The van der Waals surface area contributed by atoms with E-state index in [1.165, 1.54) is 23.1 Å². The summed E-state index contributed by atoms with van der Waals surface area (Å²) in [5, 5.41) is 3.50. The van der Waals surface area contributed by atoms with Crippen molar-refractivity contribution in [2.45, 2.75) is 58.1 Å². The lowest BCUT2D eigenvalue weighted by Gasteiger charge is -2.35. The molecule has 2 rings (SSSR count). The molecule has 2 nitrogen and oxygen atoms in total. The fraction of sp³-hybridized carbons (Fsp3) is 0.647. The fourth-order valence-corrected chi connectivity index (χ4v) is 3.27. The number of ether oxygens (including phenoxy) is 1. The third kappa shape index (κ3) is 2.85. The first kappa shape index (κ1) is 14.5. The Morgan fingerprint density at radius 1 is 1.32 bits per heavy atom. The number of nitrogens with one attached hydrogen (secondary N) is 1. The van der Waals surface area contributed by atoms with Gasteiger partial charge in [0.05, 0.1) is 11.6 Å². The molecular weight excluding hydrogens is 234 g/mol. The van der Waals surface area contributed by atoms with E-state index in [9.17, 15) is 0 Å². The number of likely N-dealkylation sites (N-methyl/N-ethyl adjacent to an activating group) is 1. The summed E-state index contributed by atoms with van der Waals surface area (Å²) in [6, 6.07) is 7.20. The number of aryl methyl sites for hydroxylation is 2. The SMILES string of the molecule is CCc1ccc(CC)c(C(NC)C2(C)CCCO2)c1. The molecule has 1 aliphatic heterocycles. The summed E-state index contributed by atoms with van der Waals surface area (Å²) >= 11 is 0. The van der Waals surface area contributed by atoms with Crippen LogP contribution in [0.4, 0.5) is 0 Å². The predicted molar refractivity (Wildman–Crippen MR) is 80.6 cm³/mol. The normalized spacial score (nSPS) is 24.6. The molecule has 0 saturated carbocycles. The van der Waals surface area contributed by atoms with E-state index in [0.29, 0.717) is 0 Å². The Hall–Kier alpha value is -0.860. The minimum absolute atomic E-state index is 0.0644. The smallest absolute Gasteiger partial charge is 0.0849 e. The molecule has 2 unspecified atom stereocenters. The summed E-state index contributed by atoms with van der Waals surface area (Å²) in [7, 11) is 2.05. The second-order valence-electron chi connectivity index (χ2n) is 5.73. The molecule has 1 saturated heterocycles. The van der Waals surface area contributed by atoms with Crippen molar-refractivity contribution in [2.75, 3.05) is 13.7 Å². The zero-order valence-electron chi connectivity index (χ0n) is 12.8. The van der Waals surface area contributed by atoms with Gasteiger partial charge in [-0.3, -0.25) is 0 Å². The first-order chi connectivity index (χ1) is 9.14. The van der Waals surface area contributed by atoms with E-state index in [0.717, 1.165) is 25.9 Å². The van der Waals surface area contributed by atoms with Crippen molar-refractivity contribution in [1.82, 2.24) is 5.32 Å². The van der Waals surface area contributed by atoms with Gasteiger partial charge in [-0.05, 0) is 56.3 Å². The molecule has 2 atom stereocenters. The molecule has 19 heavy (non-hydrogen) atoms. The molecule has 0 aromatic heterocycles. The van der Waals surface area contributed by atoms with Crippen molar-refractivity contribution in [3.05, 3.63) is 34.9 Å². The molecule has 1 heterocycles. The van der Waals surface area contributed by atoms with Gasteiger partial charge >= 0.3 is 0 Å². The maximum atomic E-state index is 6.06. The van der Waals surface area contributed by atoms with E-state index in [-0.39, 0.29) is 11.6 Å². The van der Waals surface area contributed by atoms with Crippen LogP contribution in [0.15, 0.2) is 18.2 Å². The molecule has 0 spiro atoms. The molecule has 0 amide bonds. The van der Waals surface area contributed by atoms with Gasteiger partial charge in [-0.1, -0.05) is 32.0 Å². The fourth-order valence-electron chi connectivity index (χ4n) is 3.27. The molecule has 1 aromatic rings. The van der Waals surface area contributed by atoms with E-state index in [4.69, 9.17) is 4.74 Å². The molecule has 1 aromatic carbocycles. The lowest BCUT2D eigenvalue weighted by Crippen LogP contribution is -2.40. The maximum Gasteiger partial charge on any atom is 0.0849 e. The molecule has 0 radical (unpaired) electrons. The molecule has 0 aliphatic carbocycles. The van der Waals surface area contributed by atoms with Crippen molar-refractivity contribution in [3.63, 3.8) is 0 Å². The first-order valence-corrected chi connectivity index (χ1v) is 7.57. The van der Waals surface area contributed by atoms with Gasteiger partial charge in [-0.25, -0.2) is 0 Å². The third-order valence-corrected chi connectivity index (χ3v) is 4.46. The van der Waals surface area contributed by atoms with Crippen LogP contribution in [-0.4, -0.2) is 19.3 Å². The van der Waals surface area contributed by atoms with Gasteiger partial charge in [0.25, 0.3) is 0 Å². The van der Waals surface area contributed by atoms with Crippen molar-refractivity contribution < 1.29 is 4.74 Å². The molecule has 1 aliphatic rings. The summed E-state index contributed by atoms with van der Waals surface area (Å²) in [4.78, 5) is 0.